The van der Waals surface area contributed by atoms with Crippen LogP contribution in [0.5, 0.6) is 5.75 Å². The molecule has 1 N–H and O–H groups in total. The summed E-state index contributed by atoms with van der Waals surface area (Å²) in [5.41, 5.74) is 0.510. The van der Waals surface area contributed by atoms with Crippen molar-refractivity contribution in [3.8, 4) is 5.75 Å². The number of ether oxygens (including phenoxy) is 1. The molecule has 1 fully saturated rings. The lowest BCUT2D eigenvalue weighted by Gasteiger charge is -2.25. The zero-order valence-corrected chi connectivity index (χ0v) is 16.4. The normalized spacial score (nSPS) is 17.8. The molecule has 1 atom stereocenters. The van der Waals surface area contributed by atoms with Gasteiger partial charge in [0, 0.05) is 5.69 Å². The van der Waals surface area contributed by atoms with Crippen molar-refractivity contribution in [3.63, 3.8) is 0 Å². The van der Waals surface area contributed by atoms with E-state index in [4.69, 9.17) is 4.74 Å². The van der Waals surface area contributed by atoms with Crippen molar-refractivity contribution in [1.29, 1.82) is 0 Å². The number of aliphatic hydroxyl groups is 1. The molecule has 1 aliphatic heterocycles. The number of para-hydroxylation sites is 1. The number of benzene rings is 3. The first-order chi connectivity index (χ1) is 14.9. The highest BCUT2D eigenvalue weighted by atomic mass is 19.1. The van der Waals surface area contributed by atoms with Crippen LogP contribution in [0.15, 0.2) is 78.4 Å². The molecule has 156 valence electrons. The third kappa shape index (κ3) is 3.54. The average Bonchev–Trinajstić information content (AvgIpc) is 3.05. The molecule has 3 aromatic carbocycles. The first kappa shape index (κ1) is 20.3. The number of anilines is 1. The van der Waals surface area contributed by atoms with Crippen LogP contribution in [0.3, 0.4) is 0 Å². The van der Waals surface area contributed by atoms with Gasteiger partial charge in [-0.15, -0.1) is 0 Å². The maximum Gasteiger partial charge on any atom is 0.300 e. The molecule has 1 aliphatic rings. The van der Waals surface area contributed by atoms with E-state index < -0.39 is 35.1 Å². The van der Waals surface area contributed by atoms with Crippen LogP contribution in [0.4, 0.5) is 14.5 Å². The van der Waals surface area contributed by atoms with Gasteiger partial charge in [0.1, 0.15) is 23.1 Å². The van der Waals surface area contributed by atoms with E-state index in [0.29, 0.717) is 11.3 Å². The molecule has 3 aromatic rings. The Kier molecular flexibility index (Phi) is 5.25. The summed E-state index contributed by atoms with van der Waals surface area (Å²) >= 11 is 0. The van der Waals surface area contributed by atoms with Crippen molar-refractivity contribution in [1.82, 2.24) is 0 Å². The molecule has 0 bridgehead atoms. The summed E-state index contributed by atoms with van der Waals surface area (Å²) in [6.07, 6.45) is 0. The number of hydrogen-bond donors (Lipinski definition) is 1. The fourth-order valence-electron chi connectivity index (χ4n) is 3.66. The van der Waals surface area contributed by atoms with Gasteiger partial charge in [0.05, 0.1) is 24.3 Å². The molecular formula is C24H17F2NO4. The summed E-state index contributed by atoms with van der Waals surface area (Å²) in [5.74, 6) is -3.41. The van der Waals surface area contributed by atoms with Crippen LogP contribution in [-0.2, 0) is 9.59 Å². The number of carbonyl (C=O) groups is 2. The highest BCUT2D eigenvalue weighted by Gasteiger charge is 2.47. The minimum atomic E-state index is -1.05. The highest BCUT2D eigenvalue weighted by molar-refractivity contribution is 6.51. The predicted molar refractivity (Wildman–Crippen MR) is 111 cm³/mol. The summed E-state index contributed by atoms with van der Waals surface area (Å²) in [7, 11) is 1.34. The number of nitrogens with zero attached hydrogens (tertiary/aromatic N) is 1. The zero-order valence-electron chi connectivity index (χ0n) is 16.4. The van der Waals surface area contributed by atoms with Gasteiger partial charge in [-0.2, -0.15) is 0 Å². The number of methoxy groups -OCH3 is 1. The van der Waals surface area contributed by atoms with E-state index in [1.807, 2.05) is 0 Å². The van der Waals surface area contributed by atoms with Gasteiger partial charge < -0.3 is 9.84 Å². The SMILES string of the molecule is COc1ccc(F)cc1/C(O)=C1\C(=O)C(=O)N(c2ccccc2)C1c1ccc(F)cc1. The van der Waals surface area contributed by atoms with Gasteiger partial charge in [-0.1, -0.05) is 30.3 Å². The highest BCUT2D eigenvalue weighted by Crippen LogP contribution is 2.43. The lowest BCUT2D eigenvalue weighted by Crippen LogP contribution is -2.29. The van der Waals surface area contributed by atoms with Crippen LogP contribution in [0.1, 0.15) is 17.2 Å². The Labute approximate surface area is 176 Å². The smallest absolute Gasteiger partial charge is 0.300 e. The number of amides is 1. The summed E-state index contributed by atoms with van der Waals surface area (Å²) in [6.45, 7) is 0. The zero-order chi connectivity index (χ0) is 22.1. The van der Waals surface area contributed by atoms with Crippen LogP contribution in [0.25, 0.3) is 5.76 Å². The van der Waals surface area contributed by atoms with Gasteiger partial charge in [-0.05, 0) is 48.0 Å². The first-order valence-corrected chi connectivity index (χ1v) is 9.38. The summed E-state index contributed by atoms with van der Waals surface area (Å²) < 4.78 is 32.7. The molecule has 1 unspecified atom stereocenters. The fourth-order valence-corrected chi connectivity index (χ4v) is 3.66. The van der Waals surface area contributed by atoms with Gasteiger partial charge in [-0.25, -0.2) is 8.78 Å². The second kappa shape index (κ2) is 8.02. The molecule has 7 heteroatoms. The number of ketones is 1. The van der Waals surface area contributed by atoms with E-state index in [9.17, 15) is 23.5 Å². The van der Waals surface area contributed by atoms with E-state index in [1.54, 1.807) is 30.3 Å². The Balaban J connectivity index is 1.98. The van der Waals surface area contributed by atoms with Crippen molar-refractivity contribution < 1.29 is 28.2 Å². The molecule has 0 saturated carbocycles. The molecule has 0 spiro atoms. The second-order valence-corrected chi connectivity index (χ2v) is 6.90. The van der Waals surface area contributed by atoms with Gasteiger partial charge in [-0.3, -0.25) is 14.5 Å². The Morgan fingerprint density at radius 3 is 2.23 bits per heavy atom. The van der Waals surface area contributed by atoms with Crippen molar-refractivity contribution in [2.45, 2.75) is 6.04 Å². The average molecular weight is 421 g/mol. The van der Waals surface area contributed by atoms with Crippen LogP contribution >= 0.6 is 0 Å². The van der Waals surface area contributed by atoms with Crippen LogP contribution in [0.2, 0.25) is 0 Å². The minimum Gasteiger partial charge on any atom is -0.507 e. The number of aliphatic hydroxyl groups excluding tert-OH is 1. The largest absolute Gasteiger partial charge is 0.507 e. The Hall–Kier alpha value is -4.00. The van der Waals surface area contributed by atoms with Gasteiger partial charge in [0.15, 0.2) is 0 Å². The van der Waals surface area contributed by atoms with E-state index in [0.717, 1.165) is 12.1 Å². The van der Waals surface area contributed by atoms with Gasteiger partial charge in [0.2, 0.25) is 0 Å². The van der Waals surface area contributed by atoms with Crippen LogP contribution < -0.4 is 9.64 Å². The van der Waals surface area contributed by atoms with Crippen LogP contribution in [-0.4, -0.2) is 23.9 Å². The Morgan fingerprint density at radius 1 is 0.935 bits per heavy atom. The summed E-state index contributed by atoms with van der Waals surface area (Å²) in [4.78, 5) is 27.2. The van der Waals surface area contributed by atoms with E-state index in [-0.39, 0.29) is 16.9 Å². The summed E-state index contributed by atoms with van der Waals surface area (Å²) in [5, 5.41) is 11.1. The van der Waals surface area contributed by atoms with E-state index >= 15 is 0 Å². The molecule has 31 heavy (non-hydrogen) atoms. The topological polar surface area (TPSA) is 66.8 Å². The standard InChI is InChI=1S/C24H17F2NO4/c1-31-19-12-11-16(26)13-18(19)22(28)20-21(14-7-9-15(25)10-8-14)27(24(30)23(20)29)17-5-3-2-4-6-17/h2-13,21,28H,1H3/b22-20+. The number of hydrogen-bond acceptors (Lipinski definition) is 4. The van der Waals surface area contributed by atoms with Crippen molar-refractivity contribution in [3.05, 3.63) is 101 Å². The maximum absolute atomic E-state index is 13.9. The molecule has 0 radical (unpaired) electrons. The molecule has 0 aliphatic carbocycles. The van der Waals surface area contributed by atoms with Gasteiger partial charge in [0.25, 0.3) is 11.7 Å². The third-order valence-electron chi connectivity index (χ3n) is 5.08. The molecule has 0 aromatic heterocycles. The number of carbonyl (C=O) groups excluding carboxylic acids is 2. The van der Waals surface area contributed by atoms with Crippen LogP contribution in [0, 0.1) is 11.6 Å². The Bertz CT molecular complexity index is 1190. The molecule has 4 rings (SSSR count). The predicted octanol–water partition coefficient (Wildman–Crippen LogP) is 4.60. The van der Waals surface area contributed by atoms with Crippen molar-refractivity contribution >= 4 is 23.1 Å². The molecule has 1 amide bonds. The molecule has 5 nitrogen and oxygen atoms in total. The van der Waals surface area contributed by atoms with Crippen molar-refractivity contribution in [2.24, 2.45) is 0 Å². The lowest BCUT2D eigenvalue weighted by atomic mass is 9.94. The number of rotatable bonds is 4. The second-order valence-electron chi connectivity index (χ2n) is 6.90. The summed E-state index contributed by atoms with van der Waals surface area (Å²) in [6, 6.07) is 16.1. The molecule has 1 heterocycles. The number of halogens is 2. The first-order valence-electron chi connectivity index (χ1n) is 9.38. The fraction of sp³-hybridized carbons (Fsp3) is 0.0833. The Morgan fingerprint density at radius 2 is 1.58 bits per heavy atom. The van der Waals surface area contributed by atoms with Gasteiger partial charge >= 0.3 is 0 Å². The molecular weight excluding hydrogens is 404 g/mol. The molecule has 1 saturated heterocycles. The quantitative estimate of drug-likeness (QED) is 0.380. The minimum absolute atomic E-state index is 0.0688. The maximum atomic E-state index is 13.9. The number of Topliss-reactive ketones (excluding diaryl/α,β-unsaturated/α-hetero) is 1. The third-order valence-corrected chi connectivity index (χ3v) is 5.08. The van der Waals surface area contributed by atoms with E-state index in [2.05, 4.69) is 0 Å². The van der Waals surface area contributed by atoms with Crippen molar-refractivity contribution in [2.75, 3.05) is 12.0 Å². The van der Waals surface area contributed by atoms with E-state index in [1.165, 1.54) is 42.3 Å². The monoisotopic (exact) mass is 421 g/mol. The lowest BCUT2D eigenvalue weighted by molar-refractivity contribution is -0.132.